The van der Waals surface area contributed by atoms with E-state index in [-0.39, 0.29) is 5.41 Å². The first-order chi connectivity index (χ1) is 9.10. The second kappa shape index (κ2) is 5.74. The van der Waals surface area contributed by atoms with E-state index in [1.165, 1.54) is 26.8 Å². The van der Waals surface area contributed by atoms with Crippen molar-refractivity contribution < 1.29 is 14.6 Å². The maximum atomic E-state index is 10.7. The van der Waals surface area contributed by atoms with Gasteiger partial charge >= 0.3 is 0 Å². The Morgan fingerprint density at radius 2 is 1.89 bits per heavy atom. The van der Waals surface area contributed by atoms with Crippen LogP contribution in [0.5, 0.6) is 11.8 Å². The van der Waals surface area contributed by atoms with Crippen molar-refractivity contribution in [2.75, 3.05) is 14.2 Å². The van der Waals surface area contributed by atoms with Crippen molar-refractivity contribution in [3.8, 4) is 11.8 Å². The summed E-state index contributed by atoms with van der Waals surface area (Å²) < 4.78 is 10.3. The largest absolute Gasteiger partial charge is 0.480 e. The minimum atomic E-state index is -0.652. The Kier molecular flexibility index (Phi) is 4.24. The Hall–Kier alpha value is -1.36. The molecular formula is C14H22N2O3. The van der Waals surface area contributed by atoms with Gasteiger partial charge in [0.1, 0.15) is 11.8 Å². The van der Waals surface area contributed by atoms with Gasteiger partial charge in [-0.1, -0.05) is 26.2 Å². The molecule has 0 bridgehead atoms. The highest BCUT2D eigenvalue weighted by molar-refractivity contribution is 5.26. The molecule has 5 heteroatoms. The van der Waals surface area contributed by atoms with Crippen LogP contribution in [0.3, 0.4) is 0 Å². The summed E-state index contributed by atoms with van der Waals surface area (Å²) in [4.78, 5) is 8.47. The lowest BCUT2D eigenvalue weighted by atomic mass is 9.71. The summed E-state index contributed by atoms with van der Waals surface area (Å²) in [5.41, 5.74) is 0.363. The van der Waals surface area contributed by atoms with Crippen molar-refractivity contribution in [2.24, 2.45) is 5.41 Å². The first kappa shape index (κ1) is 14.1. The van der Waals surface area contributed by atoms with E-state index < -0.39 is 6.10 Å². The minimum Gasteiger partial charge on any atom is -0.480 e. The fourth-order valence-corrected chi connectivity index (χ4v) is 2.77. The average molecular weight is 266 g/mol. The molecule has 1 aromatic heterocycles. The van der Waals surface area contributed by atoms with Crippen LogP contribution in [0.15, 0.2) is 6.20 Å². The topological polar surface area (TPSA) is 64.5 Å². The van der Waals surface area contributed by atoms with Crippen LogP contribution in [0.1, 0.15) is 50.8 Å². The van der Waals surface area contributed by atoms with Gasteiger partial charge < -0.3 is 14.6 Å². The van der Waals surface area contributed by atoms with Gasteiger partial charge in [-0.3, -0.25) is 0 Å². The number of nitrogens with zero attached hydrogens (tertiary/aromatic N) is 2. The predicted octanol–water partition coefficient (Wildman–Crippen LogP) is 2.50. The molecule has 1 fully saturated rings. The number of aliphatic hydroxyl groups is 1. The van der Waals surface area contributed by atoms with E-state index in [0.29, 0.717) is 17.5 Å². The molecule has 0 aromatic carbocycles. The Morgan fingerprint density at radius 1 is 1.21 bits per heavy atom. The summed E-state index contributed by atoms with van der Waals surface area (Å²) >= 11 is 0. The number of aliphatic hydroxyl groups excluding tert-OH is 1. The summed E-state index contributed by atoms with van der Waals surface area (Å²) in [6.45, 7) is 2.11. The number of hydrogen-bond donors (Lipinski definition) is 1. The molecule has 0 saturated heterocycles. The molecule has 1 atom stereocenters. The van der Waals surface area contributed by atoms with Crippen LogP contribution in [0, 0.1) is 5.41 Å². The van der Waals surface area contributed by atoms with Crippen molar-refractivity contribution in [3.63, 3.8) is 0 Å². The first-order valence-electron chi connectivity index (χ1n) is 6.74. The highest BCUT2D eigenvalue weighted by Crippen LogP contribution is 2.46. The van der Waals surface area contributed by atoms with Crippen molar-refractivity contribution in [1.29, 1.82) is 0 Å². The summed E-state index contributed by atoms with van der Waals surface area (Å²) in [5.74, 6) is 0.736. The molecule has 1 aromatic rings. The van der Waals surface area contributed by atoms with Gasteiger partial charge in [0.15, 0.2) is 0 Å². The van der Waals surface area contributed by atoms with Crippen LogP contribution >= 0.6 is 0 Å². The van der Waals surface area contributed by atoms with E-state index in [1.807, 2.05) is 0 Å². The van der Waals surface area contributed by atoms with E-state index >= 15 is 0 Å². The minimum absolute atomic E-state index is 0.144. The van der Waals surface area contributed by atoms with Crippen LogP contribution in [0.2, 0.25) is 0 Å². The normalized spacial score (nSPS) is 19.8. The fraction of sp³-hybridized carbons (Fsp3) is 0.714. The van der Waals surface area contributed by atoms with Gasteiger partial charge in [0, 0.05) is 0 Å². The molecule has 0 radical (unpaired) electrons. The molecule has 1 aliphatic carbocycles. The Morgan fingerprint density at radius 3 is 2.47 bits per heavy atom. The molecule has 0 aliphatic heterocycles. The molecule has 1 unspecified atom stereocenters. The predicted molar refractivity (Wildman–Crippen MR) is 71.3 cm³/mol. The lowest BCUT2D eigenvalue weighted by Gasteiger charge is -2.37. The van der Waals surface area contributed by atoms with Gasteiger partial charge in [-0.05, 0) is 18.3 Å². The second-order valence-corrected chi connectivity index (χ2v) is 5.42. The molecule has 0 spiro atoms. The molecule has 1 aliphatic rings. The molecule has 0 amide bonds. The highest BCUT2D eigenvalue weighted by atomic mass is 16.5. The Bertz CT molecular complexity index is 431. The van der Waals surface area contributed by atoms with E-state index in [1.54, 1.807) is 0 Å². The van der Waals surface area contributed by atoms with Gasteiger partial charge in [0.2, 0.25) is 11.8 Å². The monoisotopic (exact) mass is 266 g/mol. The van der Waals surface area contributed by atoms with Crippen LogP contribution < -0.4 is 9.47 Å². The summed E-state index contributed by atoms with van der Waals surface area (Å²) in [7, 11) is 3.06. The smallest absolute Gasteiger partial charge is 0.241 e. The molecule has 1 saturated carbocycles. The molecule has 2 rings (SSSR count). The maximum absolute atomic E-state index is 10.7. The number of hydrogen-bond acceptors (Lipinski definition) is 5. The third kappa shape index (κ3) is 2.81. The summed E-state index contributed by atoms with van der Waals surface area (Å²) in [6, 6.07) is 0. The second-order valence-electron chi connectivity index (χ2n) is 5.42. The van der Waals surface area contributed by atoms with Crippen molar-refractivity contribution >= 4 is 0 Å². The van der Waals surface area contributed by atoms with E-state index in [2.05, 4.69) is 16.9 Å². The number of rotatable bonds is 4. The first-order valence-corrected chi connectivity index (χ1v) is 6.74. The van der Waals surface area contributed by atoms with Gasteiger partial charge in [-0.2, -0.15) is 4.98 Å². The highest BCUT2D eigenvalue weighted by Gasteiger charge is 2.38. The molecule has 1 N–H and O–H groups in total. The van der Waals surface area contributed by atoms with Gasteiger partial charge in [-0.25, -0.2) is 4.98 Å². The van der Waals surface area contributed by atoms with Crippen LogP contribution in [-0.2, 0) is 0 Å². The molecule has 19 heavy (non-hydrogen) atoms. The molecule has 106 valence electrons. The number of ether oxygens (including phenoxy) is 2. The van der Waals surface area contributed by atoms with E-state index in [9.17, 15) is 5.11 Å². The van der Waals surface area contributed by atoms with E-state index in [4.69, 9.17) is 9.47 Å². The standard InChI is InChI=1S/C14H22N2O3/c1-14(7-5-4-6-8-14)12(17)11-13(19-3)16-10(18-2)9-15-11/h9,12,17H,4-8H2,1-3H3. The quantitative estimate of drug-likeness (QED) is 0.907. The zero-order valence-electron chi connectivity index (χ0n) is 11.8. The van der Waals surface area contributed by atoms with Crippen LogP contribution in [0.25, 0.3) is 0 Å². The summed E-state index contributed by atoms with van der Waals surface area (Å²) in [5, 5.41) is 10.7. The molecule has 5 nitrogen and oxygen atoms in total. The Balaban J connectivity index is 2.29. The zero-order valence-corrected chi connectivity index (χ0v) is 11.8. The van der Waals surface area contributed by atoms with Crippen molar-refractivity contribution in [1.82, 2.24) is 9.97 Å². The lowest BCUT2D eigenvalue weighted by molar-refractivity contribution is 0.00310. The third-order valence-corrected chi connectivity index (χ3v) is 4.06. The van der Waals surface area contributed by atoms with Crippen molar-refractivity contribution in [2.45, 2.75) is 45.1 Å². The number of methoxy groups -OCH3 is 2. The third-order valence-electron chi connectivity index (χ3n) is 4.06. The SMILES string of the molecule is COc1cnc(C(O)C2(C)CCCCC2)c(OC)n1. The van der Waals surface area contributed by atoms with Crippen LogP contribution in [0.4, 0.5) is 0 Å². The Labute approximate surface area is 114 Å². The zero-order chi connectivity index (χ0) is 13.9. The fourth-order valence-electron chi connectivity index (χ4n) is 2.77. The van der Waals surface area contributed by atoms with E-state index in [0.717, 1.165) is 25.7 Å². The number of aromatic nitrogens is 2. The van der Waals surface area contributed by atoms with Gasteiger partial charge in [0.25, 0.3) is 0 Å². The van der Waals surface area contributed by atoms with Crippen molar-refractivity contribution in [3.05, 3.63) is 11.9 Å². The van der Waals surface area contributed by atoms with Gasteiger partial charge in [0.05, 0.1) is 20.4 Å². The lowest BCUT2D eigenvalue weighted by Crippen LogP contribution is -2.29. The van der Waals surface area contributed by atoms with Gasteiger partial charge in [-0.15, -0.1) is 0 Å². The molecular weight excluding hydrogens is 244 g/mol. The molecule has 1 heterocycles. The maximum Gasteiger partial charge on any atom is 0.241 e. The summed E-state index contributed by atoms with van der Waals surface area (Å²) in [6.07, 6.45) is 6.43. The average Bonchev–Trinajstić information content (AvgIpc) is 2.46. The van der Waals surface area contributed by atoms with Crippen LogP contribution in [-0.4, -0.2) is 29.3 Å².